The first-order valence-electron chi connectivity index (χ1n) is 8.01. The van der Waals surface area contributed by atoms with E-state index in [4.69, 9.17) is 11.5 Å². The fraction of sp³-hybridized carbons (Fsp3) is 0.333. The molecule has 1 aromatic carbocycles. The van der Waals surface area contributed by atoms with Crippen molar-refractivity contribution in [3.05, 3.63) is 59.4 Å². The van der Waals surface area contributed by atoms with Crippen molar-refractivity contribution in [2.75, 3.05) is 19.6 Å². The minimum atomic E-state index is -0.534. The Morgan fingerprint density at radius 3 is 2.44 bits per heavy atom. The average Bonchev–Trinajstić information content (AvgIpc) is 3.19. The summed E-state index contributed by atoms with van der Waals surface area (Å²) in [5.41, 5.74) is 13.2. The van der Waals surface area contributed by atoms with E-state index in [9.17, 15) is 9.59 Å². The quantitative estimate of drug-likeness (QED) is 0.859. The number of benzene rings is 1. The number of hydrogen-bond acceptors (Lipinski definition) is 3. The summed E-state index contributed by atoms with van der Waals surface area (Å²) in [4.78, 5) is 26.0. The Balaban J connectivity index is 0.00000225. The molecule has 6 nitrogen and oxygen atoms in total. The van der Waals surface area contributed by atoms with Crippen LogP contribution in [0.5, 0.6) is 0 Å². The van der Waals surface area contributed by atoms with Crippen LogP contribution in [-0.2, 0) is 7.05 Å². The number of aromatic nitrogens is 1. The van der Waals surface area contributed by atoms with Gasteiger partial charge in [-0.25, -0.2) is 0 Å². The molecule has 2 heterocycles. The lowest BCUT2D eigenvalue weighted by Crippen LogP contribution is -2.31. The van der Waals surface area contributed by atoms with Gasteiger partial charge in [-0.1, -0.05) is 30.3 Å². The highest BCUT2D eigenvalue weighted by Crippen LogP contribution is 2.32. The minimum absolute atomic E-state index is 0. The Morgan fingerprint density at radius 1 is 1.20 bits per heavy atom. The van der Waals surface area contributed by atoms with Crippen molar-refractivity contribution in [2.24, 2.45) is 24.4 Å². The highest BCUT2D eigenvalue weighted by molar-refractivity contribution is 5.98. The second-order valence-electron chi connectivity index (χ2n) is 6.31. The van der Waals surface area contributed by atoms with E-state index < -0.39 is 5.91 Å². The van der Waals surface area contributed by atoms with Gasteiger partial charge in [-0.2, -0.15) is 0 Å². The van der Waals surface area contributed by atoms with E-state index in [1.165, 1.54) is 5.56 Å². The summed E-state index contributed by atoms with van der Waals surface area (Å²) in [5.74, 6) is -0.168. The van der Waals surface area contributed by atoms with Crippen molar-refractivity contribution >= 4 is 24.2 Å². The van der Waals surface area contributed by atoms with E-state index in [0.717, 1.165) is 0 Å². The summed E-state index contributed by atoms with van der Waals surface area (Å²) in [7, 11) is 1.74. The van der Waals surface area contributed by atoms with Crippen LogP contribution in [0.4, 0.5) is 0 Å². The molecule has 2 amide bonds. The van der Waals surface area contributed by atoms with Gasteiger partial charge in [0.1, 0.15) is 5.69 Å². The van der Waals surface area contributed by atoms with Crippen LogP contribution in [0, 0.1) is 5.92 Å². The standard InChI is InChI=1S/C18H22N4O2.ClH/c1-21-9-13(17(20)23)7-16(21)18(24)22-10-14(8-19)15(11-22)12-5-3-2-4-6-12;/h2-7,9,14-15H,8,10-11,19H2,1H3,(H2,20,23);1H/t14-,15+;/m1./s1. The van der Waals surface area contributed by atoms with E-state index >= 15 is 0 Å². The molecule has 2 atom stereocenters. The number of nitrogens with two attached hydrogens (primary N) is 2. The van der Waals surface area contributed by atoms with Gasteiger partial charge < -0.3 is 20.9 Å². The maximum atomic E-state index is 12.9. The predicted octanol–water partition coefficient (Wildman–Crippen LogP) is 1.36. The number of nitrogens with zero attached hydrogens (tertiary/aromatic N) is 2. The smallest absolute Gasteiger partial charge is 0.270 e. The van der Waals surface area contributed by atoms with E-state index in [-0.39, 0.29) is 30.2 Å². The summed E-state index contributed by atoms with van der Waals surface area (Å²) in [6.45, 7) is 1.77. The number of halogens is 1. The zero-order valence-electron chi connectivity index (χ0n) is 14.1. The van der Waals surface area contributed by atoms with Crippen molar-refractivity contribution in [3.8, 4) is 0 Å². The van der Waals surface area contributed by atoms with Gasteiger partial charge in [0.15, 0.2) is 0 Å². The molecule has 0 aliphatic carbocycles. The largest absolute Gasteiger partial charge is 0.366 e. The number of carbonyl (C=O) groups is 2. The van der Waals surface area contributed by atoms with Crippen molar-refractivity contribution in [3.63, 3.8) is 0 Å². The fourth-order valence-electron chi connectivity index (χ4n) is 3.43. The van der Waals surface area contributed by atoms with Crippen LogP contribution in [0.2, 0.25) is 0 Å². The Kier molecular flexibility index (Phi) is 5.87. The topological polar surface area (TPSA) is 94.3 Å². The molecule has 0 unspecified atom stereocenters. The maximum absolute atomic E-state index is 12.9. The molecule has 25 heavy (non-hydrogen) atoms. The summed E-state index contributed by atoms with van der Waals surface area (Å²) in [5, 5.41) is 0. The van der Waals surface area contributed by atoms with Crippen LogP contribution in [-0.4, -0.2) is 40.9 Å². The molecule has 134 valence electrons. The molecule has 1 saturated heterocycles. The summed E-state index contributed by atoms with van der Waals surface area (Å²) in [6.07, 6.45) is 1.58. The first-order valence-corrected chi connectivity index (χ1v) is 8.01. The second-order valence-corrected chi connectivity index (χ2v) is 6.31. The number of aryl methyl sites for hydroxylation is 1. The maximum Gasteiger partial charge on any atom is 0.270 e. The zero-order chi connectivity index (χ0) is 17.3. The summed E-state index contributed by atoms with van der Waals surface area (Å²) >= 11 is 0. The number of likely N-dealkylation sites (tertiary alicyclic amines) is 1. The number of hydrogen-bond donors (Lipinski definition) is 2. The molecular weight excluding hydrogens is 340 g/mol. The van der Waals surface area contributed by atoms with Crippen molar-refractivity contribution in [1.29, 1.82) is 0 Å². The molecule has 2 aromatic rings. The van der Waals surface area contributed by atoms with Gasteiger partial charge in [-0.3, -0.25) is 9.59 Å². The summed E-state index contributed by atoms with van der Waals surface area (Å²) in [6, 6.07) is 11.7. The van der Waals surface area contributed by atoms with Crippen LogP contribution in [0.1, 0.15) is 32.3 Å². The van der Waals surface area contributed by atoms with E-state index in [0.29, 0.717) is 30.9 Å². The van der Waals surface area contributed by atoms with Crippen molar-refractivity contribution < 1.29 is 9.59 Å². The first kappa shape index (κ1) is 19.0. The number of amides is 2. The molecule has 1 aliphatic heterocycles. The van der Waals surface area contributed by atoms with E-state index in [2.05, 4.69) is 12.1 Å². The monoisotopic (exact) mass is 362 g/mol. The Hall–Kier alpha value is -2.31. The lowest BCUT2D eigenvalue weighted by molar-refractivity contribution is 0.0777. The summed E-state index contributed by atoms with van der Waals surface area (Å²) < 4.78 is 1.65. The number of primary amides is 1. The van der Waals surface area contributed by atoms with Gasteiger partial charge in [-0.05, 0) is 24.1 Å². The highest BCUT2D eigenvalue weighted by Gasteiger charge is 2.36. The second kappa shape index (κ2) is 7.72. The molecule has 1 aliphatic rings. The molecule has 3 rings (SSSR count). The molecule has 0 radical (unpaired) electrons. The normalized spacial score (nSPS) is 19.5. The van der Waals surface area contributed by atoms with Gasteiger partial charge in [-0.15, -0.1) is 12.4 Å². The van der Waals surface area contributed by atoms with Crippen LogP contribution in [0.25, 0.3) is 0 Å². The molecule has 0 bridgehead atoms. The lowest BCUT2D eigenvalue weighted by Gasteiger charge is -2.17. The van der Waals surface area contributed by atoms with Crippen LogP contribution in [0.3, 0.4) is 0 Å². The predicted molar refractivity (Wildman–Crippen MR) is 98.8 cm³/mol. The lowest BCUT2D eigenvalue weighted by atomic mass is 9.89. The molecule has 4 N–H and O–H groups in total. The average molecular weight is 363 g/mol. The van der Waals surface area contributed by atoms with Crippen LogP contribution < -0.4 is 11.5 Å². The van der Waals surface area contributed by atoms with Gasteiger partial charge in [0.05, 0.1) is 5.56 Å². The van der Waals surface area contributed by atoms with Gasteiger partial charge in [0.25, 0.3) is 5.91 Å². The minimum Gasteiger partial charge on any atom is -0.366 e. The molecule has 7 heteroatoms. The Bertz CT molecular complexity index is 760. The SMILES string of the molecule is Cl.Cn1cc(C(N)=O)cc1C(=O)N1C[C@@H](CN)[C@H](c2ccccc2)C1. The number of rotatable bonds is 4. The van der Waals surface area contributed by atoms with Gasteiger partial charge in [0.2, 0.25) is 5.91 Å². The molecule has 1 fully saturated rings. The highest BCUT2D eigenvalue weighted by atomic mass is 35.5. The number of carbonyl (C=O) groups excluding carboxylic acids is 2. The van der Waals surface area contributed by atoms with Gasteiger partial charge >= 0.3 is 0 Å². The van der Waals surface area contributed by atoms with E-state index in [1.807, 2.05) is 23.1 Å². The third-order valence-corrected chi connectivity index (χ3v) is 4.77. The van der Waals surface area contributed by atoms with Crippen molar-refractivity contribution in [2.45, 2.75) is 5.92 Å². The third-order valence-electron chi connectivity index (χ3n) is 4.77. The third kappa shape index (κ3) is 3.70. The Labute approximate surface area is 153 Å². The van der Waals surface area contributed by atoms with Crippen LogP contribution >= 0.6 is 12.4 Å². The van der Waals surface area contributed by atoms with Crippen LogP contribution in [0.15, 0.2) is 42.6 Å². The molecule has 1 aromatic heterocycles. The van der Waals surface area contributed by atoms with Crippen molar-refractivity contribution in [1.82, 2.24) is 9.47 Å². The fourth-order valence-corrected chi connectivity index (χ4v) is 3.43. The Morgan fingerprint density at radius 2 is 1.88 bits per heavy atom. The van der Waals surface area contributed by atoms with E-state index in [1.54, 1.807) is 23.9 Å². The first-order chi connectivity index (χ1) is 11.5. The molecule has 0 saturated carbocycles. The molecule has 0 spiro atoms. The van der Waals surface area contributed by atoms with Gasteiger partial charge in [0, 0.05) is 32.3 Å². The molecular formula is C18H23ClN4O2. The zero-order valence-corrected chi connectivity index (χ0v) is 14.9.